The second-order valence-electron chi connectivity index (χ2n) is 5.54. The quantitative estimate of drug-likeness (QED) is 0.946. The van der Waals surface area contributed by atoms with Crippen LogP contribution in [-0.4, -0.2) is 37.2 Å². The Morgan fingerprint density at radius 3 is 2.90 bits per heavy atom. The van der Waals surface area contributed by atoms with Crippen LogP contribution in [0.15, 0.2) is 18.2 Å². The number of nitrogens with one attached hydrogen (secondary N) is 1. The normalized spacial score (nSPS) is 19.0. The Kier molecular flexibility index (Phi) is 3.27. The van der Waals surface area contributed by atoms with E-state index in [9.17, 15) is 4.79 Å². The standard InChI is InChI=1S/C15H17N3O2S/c19-14(10-1-2-10)16-11-3-4-12-13(9-11)21-15(17-12)18-5-7-20-8-6-18/h3-4,9-10H,1-2,5-8H2,(H,16,19). The van der Waals surface area contributed by atoms with E-state index in [4.69, 9.17) is 4.74 Å². The molecular formula is C15H17N3O2S. The van der Waals surface area contributed by atoms with Gasteiger partial charge in [0.1, 0.15) is 0 Å². The largest absolute Gasteiger partial charge is 0.378 e. The SMILES string of the molecule is O=C(Nc1ccc2nc(N3CCOCC3)sc2c1)C1CC1. The molecule has 2 aliphatic rings. The van der Waals surface area contributed by atoms with E-state index in [1.807, 2.05) is 18.2 Å². The van der Waals surface area contributed by atoms with Crippen LogP contribution in [0.3, 0.4) is 0 Å². The van der Waals surface area contributed by atoms with Crippen molar-refractivity contribution in [1.29, 1.82) is 0 Å². The number of thiazole rings is 1. The van der Waals surface area contributed by atoms with Crippen LogP contribution in [0.1, 0.15) is 12.8 Å². The summed E-state index contributed by atoms with van der Waals surface area (Å²) in [6.45, 7) is 3.31. The van der Waals surface area contributed by atoms with Gasteiger partial charge in [-0.1, -0.05) is 11.3 Å². The van der Waals surface area contributed by atoms with Gasteiger partial charge in [0.05, 0.1) is 23.4 Å². The number of benzene rings is 1. The molecular weight excluding hydrogens is 286 g/mol. The molecule has 6 heteroatoms. The minimum atomic E-state index is 0.146. The molecule has 4 rings (SSSR count). The molecule has 1 N–H and O–H groups in total. The average molecular weight is 303 g/mol. The molecule has 1 saturated heterocycles. The van der Waals surface area contributed by atoms with Crippen LogP contribution in [0.5, 0.6) is 0 Å². The lowest BCUT2D eigenvalue weighted by Gasteiger charge is -2.25. The van der Waals surface area contributed by atoms with Gasteiger partial charge in [0.25, 0.3) is 0 Å². The third-order valence-electron chi connectivity index (χ3n) is 3.87. The number of carbonyl (C=O) groups excluding carboxylic acids is 1. The van der Waals surface area contributed by atoms with Gasteiger partial charge in [-0.15, -0.1) is 0 Å². The molecule has 1 aliphatic carbocycles. The number of amides is 1. The number of rotatable bonds is 3. The molecule has 1 amide bonds. The summed E-state index contributed by atoms with van der Waals surface area (Å²) in [5.74, 6) is 0.373. The van der Waals surface area contributed by atoms with Crippen LogP contribution < -0.4 is 10.2 Å². The Morgan fingerprint density at radius 1 is 1.33 bits per heavy atom. The predicted octanol–water partition coefficient (Wildman–Crippen LogP) is 2.48. The first-order chi connectivity index (χ1) is 10.3. The third kappa shape index (κ3) is 2.73. The summed E-state index contributed by atoms with van der Waals surface area (Å²) in [7, 11) is 0. The Balaban J connectivity index is 1.57. The Morgan fingerprint density at radius 2 is 2.14 bits per heavy atom. The second kappa shape index (κ2) is 5.27. The van der Waals surface area contributed by atoms with Crippen LogP contribution >= 0.6 is 11.3 Å². The highest BCUT2D eigenvalue weighted by Crippen LogP contribution is 2.33. The Hall–Kier alpha value is -1.66. The van der Waals surface area contributed by atoms with Gasteiger partial charge in [0.15, 0.2) is 5.13 Å². The molecule has 0 radical (unpaired) electrons. The van der Waals surface area contributed by atoms with Gasteiger partial charge in [-0.05, 0) is 31.0 Å². The van der Waals surface area contributed by atoms with Crippen molar-refractivity contribution >= 4 is 38.3 Å². The molecule has 0 spiro atoms. The molecule has 1 aliphatic heterocycles. The predicted molar refractivity (Wildman–Crippen MR) is 84.0 cm³/mol. The number of ether oxygens (including phenoxy) is 1. The van der Waals surface area contributed by atoms with Crippen molar-refractivity contribution in [1.82, 2.24) is 4.98 Å². The summed E-state index contributed by atoms with van der Waals surface area (Å²) in [5.41, 5.74) is 1.86. The summed E-state index contributed by atoms with van der Waals surface area (Å²) in [6.07, 6.45) is 2.05. The van der Waals surface area contributed by atoms with E-state index in [1.165, 1.54) is 0 Å². The maximum absolute atomic E-state index is 11.8. The zero-order valence-electron chi connectivity index (χ0n) is 11.7. The molecule has 2 heterocycles. The molecule has 21 heavy (non-hydrogen) atoms. The molecule has 0 bridgehead atoms. The Bertz CT molecular complexity index is 675. The number of aromatic nitrogens is 1. The van der Waals surface area contributed by atoms with E-state index in [-0.39, 0.29) is 11.8 Å². The molecule has 1 aromatic heterocycles. The summed E-state index contributed by atoms with van der Waals surface area (Å²) < 4.78 is 6.49. The van der Waals surface area contributed by atoms with Gasteiger partial charge in [-0.2, -0.15) is 0 Å². The first-order valence-electron chi connectivity index (χ1n) is 7.34. The van der Waals surface area contributed by atoms with Gasteiger partial charge >= 0.3 is 0 Å². The van der Waals surface area contributed by atoms with Crippen molar-refractivity contribution in [3.05, 3.63) is 18.2 Å². The first kappa shape index (κ1) is 13.0. The highest BCUT2D eigenvalue weighted by atomic mass is 32.1. The van der Waals surface area contributed by atoms with Crippen LogP contribution in [0.25, 0.3) is 10.2 Å². The summed E-state index contributed by atoms with van der Waals surface area (Å²) in [4.78, 5) is 18.8. The maximum atomic E-state index is 11.8. The molecule has 2 aromatic rings. The zero-order valence-corrected chi connectivity index (χ0v) is 12.5. The lowest BCUT2D eigenvalue weighted by atomic mass is 10.3. The summed E-state index contributed by atoms with van der Waals surface area (Å²) in [5, 5.41) is 4.03. The van der Waals surface area contributed by atoms with E-state index in [0.29, 0.717) is 0 Å². The molecule has 2 fully saturated rings. The molecule has 110 valence electrons. The van der Waals surface area contributed by atoms with Crippen LogP contribution in [0.2, 0.25) is 0 Å². The topological polar surface area (TPSA) is 54.5 Å². The van der Waals surface area contributed by atoms with Crippen molar-refractivity contribution in [2.24, 2.45) is 5.92 Å². The van der Waals surface area contributed by atoms with E-state index in [0.717, 1.165) is 60.2 Å². The second-order valence-corrected chi connectivity index (χ2v) is 6.55. The van der Waals surface area contributed by atoms with Gasteiger partial charge in [-0.3, -0.25) is 4.79 Å². The van der Waals surface area contributed by atoms with E-state index in [1.54, 1.807) is 11.3 Å². The average Bonchev–Trinajstić information content (AvgIpc) is 3.28. The van der Waals surface area contributed by atoms with Crippen molar-refractivity contribution in [3.8, 4) is 0 Å². The fourth-order valence-corrected chi connectivity index (χ4v) is 3.53. The van der Waals surface area contributed by atoms with Crippen molar-refractivity contribution in [3.63, 3.8) is 0 Å². The number of carbonyl (C=O) groups is 1. The van der Waals surface area contributed by atoms with Gasteiger partial charge < -0.3 is 15.0 Å². The van der Waals surface area contributed by atoms with Crippen molar-refractivity contribution < 1.29 is 9.53 Å². The summed E-state index contributed by atoms with van der Waals surface area (Å²) in [6, 6.07) is 5.95. The van der Waals surface area contributed by atoms with Crippen molar-refractivity contribution in [2.45, 2.75) is 12.8 Å². The molecule has 5 nitrogen and oxygen atoms in total. The Labute approximate surface area is 126 Å². The first-order valence-corrected chi connectivity index (χ1v) is 8.15. The van der Waals surface area contributed by atoms with Crippen LogP contribution in [0, 0.1) is 5.92 Å². The van der Waals surface area contributed by atoms with Gasteiger partial charge in [0.2, 0.25) is 5.91 Å². The molecule has 0 unspecified atom stereocenters. The van der Waals surface area contributed by atoms with Crippen molar-refractivity contribution in [2.75, 3.05) is 36.5 Å². The lowest BCUT2D eigenvalue weighted by molar-refractivity contribution is -0.117. The summed E-state index contributed by atoms with van der Waals surface area (Å²) >= 11 is 1.68. The number of anilines is 2. The minimum absolute atomic E-state index is 0.146. The molecule has 0 atom stereocenters. The highest BCUT2D eigenvalue weighted by Gasteiger charge is 2.29. The van der Waals surface area contributed by atoms with E-state index in [2.05, 4.69) is 15.2 Å². The van der Waals surface area contributed by atoms with E-state index >= 15 is 0 Å². The number of hydrogen-bond donors (Lipinski definition) is 1. The number of hydrogen-bond acceptors (Lipinski definition) is 5. The van der Waals surface area contributed by atoms with Gasteiger partial charge in [0, 0.05) is 24.7 Å². The molecule has 1 saturated carbocycles. The third-order valence-corrected chi connectivity index (χ3v) is 4.95. The number of nitrogens with zero attached hydrogens (tertiary/aromatic N) is 2. The van der Waals surface area contributed by atoms with E-state index < -0.39 is 0 Å². The zero-order chi connectivity index (χ0) is 14.2. The van der Waals surface area contributed by atoms with Crippen LogP contribution in [0.4, 0.5) is 10.8 Å². The van der Waals surface area contributed by atoms with Crippen LogP contribution in [-0.2, 0) is 9.53 Å². The maximum Gasteiger partial charge on any atom is 0.227 e. The lowest BCUT2D eigenvalue weighted by Crippen LogP contribution is -2.36. The fraction of sp³-hybridized carbons (Fsp3) is 0.467. The monoisotopic (exact) mass is 303 g/mol. The number of fused-ring (bicyclic) bond motifs is 1. The highest BCUT2D eigenvalue weighted by molar-refractivity contribution is 7.22. The number of morpholine rings is 1. The smallest absolute Gasteiger partial charge is 0.227 e. The minimum Gasteiger partial charge on any atom is -0.378 e. The van der Waals surface area contributed by atoms with Gasteiger partial charge in [-0.25, -0.2) is 4.98 Å². The fourth-order valence-electron chi connectivity index (χ4n) is 2.47. The molecule has 1 aromatic carbocycles.